The maximum absolute atomic E-state index is 9.62. The van der Waals surface area contributed by atoms with Crippen molar-refractivity contribution in [2.24, 2.45) is 5.73 Å². The van der Waals surface area contributed by atoms with Gasteiger partial charge in [0.25, 0.3) is 0 Å². The minimum Gasteiger partial charge on any atom is -0.508 e. The van der Waals surface area contributed by atoms with Gasteiger partial charge in [0.15, 0.2) is 0 Å². The van der Waals surface area contributed by atoms with E-state index in [0.29, 0.717) is 4.99 Å². The highest BCUT2D eigenvalue weighted by Gasteiger charge is 2.30. The van der Waals surface area contributed by atoms with E-state index < -0.39 is 0 Å². The first kappa shape index (κ1) is 14.2. The normalized spacial score (nSPS) is 26.0. The van der Waals surface area contributed by atoms with Gasteiger partial charge in [0.05, 0.1) is 23.2 Å². The van der Waals surface area contributed by atoms with Crippen molar-refractivity contribution in [3.8, 4) is 5.75 Å². The number of ether oxygens (including phenoxy) is 1. The number of nitrogens with two attached hydrogens (primary N) is 1. The second kappa shape index (κ2) is 5.86. The van der Waals surface area contributed by atoms with Crippen LogP contribution in [0.4, 0.5) is 0 Å². The number of hydrogen-bond donors (Lipinski definition) is 2. The molecule has 0 aliphatic carbocycles. The van der Waals surface area contributed by atoms with Gasteiger partial charge >= 0.3 is 0 Å². The molecule has 0 aromatic heterocycles. The number of phenols is 1. The van der Waals surface area contributed by atoms with Crippen molar-refractivity contribution < 1.29 is 9.84 Å². The van der Waals surface area contributed by atoms with Crippen molar-refractivity contribution in [2.45, 2.75) is 32.1 Å². The molecule has 1 aromatic rings. The molecular weight excluding hydrogens is 260 g/mol. The zero-order valence-electron chi connectivity index (χ0n) is 11.2. The predicted molar refractivity (Wildman–Crippen MR) is 79.2 cm³/mol. The molecule has 3 atom stereocenters. The highest BCUT2D eigenvalue weighted by molar-refractivity contribution is 7.80. The number of benzene rings is 1. The number of hydrogen-bond acceptors (Lipinski definition) is 4. The summed E-state index contributed by atoms with van der Waals surface area (Å²) < 4.78 is 5.73. The van der Waals surface area contributed by atoms with E-state index in [2.05, 4.69) is 4.90 Å². The molecule has 0 amide bonds. The van der Waals surface area contributed by atoms with E-state index in [4.69, 9.17) is 22.7 Å². The van der Waals surface area contributed by atoms with Gasteiger partial charge in [-0.05, 0) is 31.5 Å². The van der Waals surface area contributed by atoms with Gasteiger partial charge in [-0.2, -0.15) is 0 Å². The molecule has 1 aliphatic heterocycles. The summed E-state index contributed by atoms with van der Waals surface area (Å²) in [5.74, 6) is 0.230. The summed E-state index contributed by atoms with van der Waals surface area (Å²) >= 11 is 5.21. The van der Waals surface area contributed by atoms with Crippen LogP contribution in [0.5, 0.6) is 5.75 Å². The fraction of sp³-hybridized carbons (Fsp3) is 0.500. The van der Waals surface area contributed by atoms with Gasteiger partial charge in [0.1, 0.15) is 5.75 Å². The molecule has 3 unspecified atom stereocenters. The molecular formula is C14H20N2O2S. The first-order valence-corrected chi connectivity index (χ1v) is 6.86. The Morgan fingerprint density at radius 3 is 2.58 bits per heavy atom. The Morgan fingerprint density at radius 1 is 1.42 bits per heavy atom. The molecule has 19 heavy (non-hydrogen) atoms. The van der Waals surface area contributed by atoms with Crippen LogP contribution in [0.25, 0.3) is 0 Å². The summed E-state index contributed by atoms with van der Waals surface area (Å²) in [4.78, 5) is 2.64. The molecule has 1 aromatic carbocycles. The first-order valence-electron chi connectivity index (χ1n) is 6.45. The number of nitrogens with zero attached hydrogens (tertiary/aromatic N) is 1. The van der Waals surface area contributed by atoms with Gasteiger partial charge in [-0.3, -0.25) is 4.90 Å². The summed E-state index contributed by atoms with van der Waals surface area (Å²) in [6.07, 6.45) is 0.302. The molecule has 0 saturated carbocycles. The number of thiocarbonyl (C=S) groups is 1. The standard InChI is InChI=1S/C14H20N2O2S/c1-9-7-16(8-10(2)18-9)13(14(15)19)11-4-3-5-12(17)6-11/h3-6,9-10,13,17H,7-8H2,1-2H3,(H2,15,19). The van der Waals surface area contributed by atoms with Gasteiger partial charge in [-0.25, -0.2) is 0 Å². The molecule has 1 saturated heterocycles. The zero-order chi connectivity index (χ0) is 14.0. The Labute approximate surface area is 119 Å². The topological polar surface area (TPSA) is 58.7 Å². The summed E-state index contributed by atoms with van der Waals surface area (Å²) in [6, 6.07) is 6.95. The Kier molecular flexibility index (Phi) is 4.39. The lowest BCUT2D eigenvalue weighted by Gasteiger charge is -2.40. The molecule has 4 nitrogen and oxygen atoms in total. The number of morpholine rings is 1. The lowest BCUT2D eigenvalue weighted by molar-refractivity contribution is -0.0736. The second-order valence-corrected chi connectivity index (χ2v) is 5.58. The molecule has 0 spiro atoms. The van der Waals surface area contributed by atoms with Crippen LogP contribution in [0.2, 0.25) is 0 Å². The van der Waals surface area contributed by atoms with Gasteiger partial charge in [-0.1, -0.05) is 24.4 Å². The number of rotatable bonds is 3. The molecule has 1 heterocycles. The molecule has 0 bridgehead atoms. The average molecular weight is 280 g/mol. The van der Waals surface area contributed by atoms with E-state index >= 15 is 0 Å². The van der Waals surface area contributed by atoms with Crippen molar-refractivity contribution in [2.75, 3.05) is 13.1 Å². The van der Waals surface area contributed by atoms with E-state index in [9.17, 15) is 5.11 Å². The first-order chi connectivity index (χ1) is 8.97. The zero-order valence-corrected chi connectivity index (χ0v) is 12.1. The minimum absolute atomic E-state index is 0.151. The third-order valence-corrected chi connectivity index (χ3v) is 3.49. The third-order valence-electron chi connectivity index (χ3n) is 3.27. The number of aromatic hydroxyl groups is 1. The summed E-state index contributed by atoms with van der Waals surface area (Å²) in [7, 11) is 0. The third kappa shape index (κ3) is 3.43. The van der Waals surface area contributed by atoms with Crippen LogP contribution in [0.3, 0.4) is 0 Å². The summed E-state index contributed by atoms with van der Waals surface area (Å²) in [5, 5.41) is 9.62. The van der Waals surface area contributed by atoms with E-state index in [1.807, 2.05) is 26.0 Å². The van der Waals surface area contributed by atoms with Crippen molar-refractivity contribution in [3.05, 3.63) is 29.8 Å². The Morgan fingerprint density at radius 2 is 2.05 bits per heavy atom. The quantitative estimate of drug-likeness (QED) is 0.827. The monoisotopic (exact) mass is 280 g/mol. The summed E-state index contributed by atoms with van der Waals surface area (Å²) in [5.41, 5.74) is 6.83. The molecule has 3 N–H and O–H groups in total. The Bertz CT molecular complexity index is 457. The highest BCUT2D eigenvalue weighted by atomic mass is 32.1. The average Bonchev–Trinajstić information content (AvgIpc) is 2.27. The lowest BCUT2D eigenvalue weighted by Crippen LogP contribution is -2.49. The molecule has 5 heteroatoms. The fourth-order valence-corrected chi connectivity index (χ4v) is 2.96. The van der Waals surface area contributed by atoms with Gasteiger partial charge < -0.3 is 15.6 Å². The smallest absolute Gasteiger partial charge is 0.115 e. The van der Waals surface area contributed by atoms with E-state index in [1.54, 1.807) is 12.1 Å². The largest absolute Gasteiger partial charge is 0.508 e. The van der Waals surface area contributed by atoms with E-state index in [1.165, 1.54) is 0 Å². The second-order valence-electron chi connectivity index (χ2n) is 5.11. The van der Waals surface area contributed by atoms with Gasteiger partial charge in [-0.15, -0.1) is 0 Å². The number of phenolic OH excluding ortho intramolecular Hbond substituents is 1. The molecule has 2 rings (SSSR count). The molecule has 1 aliphatic rings. The van der Waals surface area contributed by atoms with Crippen molar-refractivity contribution in [1.82, 2.24) is 4.90 Å². The van der Waals surface area contributed by atoms with Crippen LogP contribution in [-0.2, 0) is 4.74 Å². The Balaban J connectivity index is 2.27. The van der Waals surface area contributed by atoms with Crippen LogP contribution >= 0.6 is 12.2 Å². The van der Waals surface area contributed by atoms with Crippen LogP contribution in [0.15, 0.2) is 24.3 Å². The molecule has 1 fully saturated rings. The molecule has 0 radical (unpaired) electrons. The highest BCUT2D eigenvalue weighted by Crippen LogP contribution is 2.27. The van der Waals surface area contributed by atoms with Crippen molar-refractivity contribution in [1.29, 1.82) is 0 Å². The maximum atomic E-state index is 9.62. The van der Waals surface area contributed by atoms with Crippen LogP contribution in [0.1, 0.15) is 25.5 Å². The maximum Gasteiger partial charge on any atom is 0.115 e. The van der Waals surface area contributed by atoms with Crippen LogP contribution < -0.4 is 5.73 Å². The van der Waals surface area contributed by atoms with Crippen LogP contribution in [-0.4, -0.2) is 40.3 Å². The van der Waals surface area contributed by atoms with Crippen molar-refractivity contribution in [3.63, 3.8) is 0 Å². The van der Waals surface area contributed by atoms with E-state index in [0.717, 1.165) is 18.7 Å². The molecule has 104 valence electrons. The fourth-order valence-electron chi connectivity index (χ4n) is 2.68. The SMILES string of the molecule is CC1CN(C(C(N)=S)c2cccc(O)c2)CC(C)O1. The predicted octanol–water partition coefficient (Wildman–Crippen LogP) is 1.83. The van der Waals surface area contributed by atoms with Crippen LogP contribution in [0, 0.1) is 0 Å². The van der Waals surface area contributed by atoms with E-state index in [-0.39, 0.29) is 24.0 Å². The van der Waals surface area contributed by atoms with Gasteiger partial charge in [0, 0.05) is 13.1 Å². The van der Waals surface area contributed by atoms with Gasteiger partial charge in [0.2, 0.25) is 0 Å². The van der Waals surface area contributed by atoms with Crippen molar-refractivity contribution >= 4 is 17.2 Å². The Hall–Kier alpha value is -1.17. The lowest BCUT2D eigenvalue weighted by atomic mass is 10.0. The minimum atomic E-state index is -0.157. The summed E-state index contributed by atoms with van der Waals surface area (Å²) in [6.45, 7) is 5.65.